The van der Waals surface area contributed by atoms with E-state index < -0.39 is 0 Å². The van der Waals surface area contributed by atoms with Crippen molar-refractivity contribution < 1.29 is 38.1 Å². The minimum Gasteiger partial charge on any atom is -1.00 e. The number of amides is 1. The monoisotopic (exact) mass is 718 g/mol. The number of unbranched alkanes of at least 4 members (excludes halogenated alkanes) is 9. The van der Waals surface area contributed by atoms with Gasteiger partial charge in [0.2, 0.25) is 0 Å². The van der Waals surface area contributed by atoms with Crippen molar-refractivity contribution in [1.82, 2.24) is 4.90 Å². The molecule has 3 aromatic rings. The normalized spacial score (nSPS) is 11.2. The number of ether oxygens (including phenoxy) is 1. The van der Waals surface area contributed by atoms with Gasteiger partial charge in [0.15, 0.2) is 12.4 Å². The van der Waals surface area contributed by atoms with E-state index in [-0.39, 0.29) is 35.3 Å². The number of nitrogens with zero attached hydrogens (tertiary/aromatic N) is 2. The van der Waals surface area contributed by atoms with Crippen LogP contribution in [0.15, 0.2) is 67.0 Å². The van der Waals surface area contributed by atoms with Crippen molar-refractivity contribution in [2.24, 2.45) is 7.05 Å². The number of aromatic nitrogens is 1. The third-order valence-corrected chi connectivity index (χ3v) is 8.12. The summed E-state index contributed by atoms with van der Waals surface area (Å²) in [5.41, 5.74) is 3.75. The number of halogens is 2. The van der Waals surface area contributed by atoms with Gasteiger partial charge in [-0.05, 0) is 52.8 Å². The molecule has 0 fully saturated rings. The fourth-order valence-electron chi connectivity index (χ4n) is 5.24. The first-order valence-electron chi connectivity index (χ1n) is 15.9. The molecular weight excluding hydrogens is 667 g/mol. The second kappa shape index (κ2) is 19.3. The molecule has 0 radical (unpaired) electrons. The molecular formula is C37H52ClIN2O2. The number of carbonyl (C=O) groups excluding carboxylic acids is 1. The lowest BCUT2D eigenvalue weighted by atomic mass is 9.85. The van der Waals surface area contributed by atoms with Crippen LogP contribution in [0.25, 0.3) is 0 Å². The fourth-order valence-corrected chi connectivity index (χ4v) is 5.46. The molecule has 0 spiro atoms. The number of aryl methyl sites for hydroxylation is 1. The molecule has 43 heavy (non-hydrogen) atoms. The molecule has 1 heterocycles. The van der Waals surface area contributed by atoms with Gasteiger partial charge in [-0.1, -0.05) is 115 Å². The second-order valence-corrected chi connectivity index (χ2v) is 13.0. The highest BCUT2D eigenvalue weighted by molar-refractivity contribution is 6.33. The lowest BCUT2D eigenvalue weighted by molar-refractivity contribution is -0.671. The highest BCUT2D eigenvalue weighted by Gasteiger charge is 2.23. The first kappa shape index (κ1) is 37.1. The van der Waals surface area contributed by atoms with Crippen molar-refractivity contribution in [3.05, 3.63) is 94.3 Å². The number of rotatable bonds is 17. The summed E-state index contributed by atoms with van der Waals surface area (Å²) in [6.07, 6.45) is 17.1. The van der Waals surface area contributed by atoms with Gasteiger partial charge >= 0.3 is 0 Å². The zero-order valence-corrected chi connectivity index (χ0v) is 29.9. The molecule has 1 amide bonds. The zero-order valence-electron chi connectivity index (χ0n) is 27.0. The van der Waals surface area contributed by atoms with Gasteiger partial charge in [0.1, 0.15) is 12.8 Å². The van der Waals surface area contributed by atoms with Crippen LogP contribution in [-0.4, -0.2) is 17.4 Å². The van der Waals surface area contributed by atoms with Crippen LogP contribution in [0.1, 0.15) is 119 Å². The lowest BCUT2D eigenvalue weighted by Crippen LogP contribution is -3.00. The summed E-state index contributed by atoms with van der Waals surface area (Å²) in [4.78, 5) is 15.6. The van der Waals surface area contributed by atoms with Crippen molar-refractivity contribution in [2.45, 2.75) is 110 Å². The van der Waals surface area contributed by atoms with Gasteiger partial charge in [0.25, 0.3) is 5.91 Å². The molecule has 0 aliphatic rings. The van der Waals surface area contributed by atoms with Gasteiger partial charge < -0.3 is 33.6 Å². The lowest BCUT2D eigenvalue weighted by Gasteiger charge is -2.27. The molecule has 2 aromatic carbocycles. The molecule has 6 heteroatoms. The Balaban J connectivity index is 0.00000645. The van der Waals surface area contributed by atoms with Gasteiger partial charge in [-0.15, -0.1) is 0 Å². The summed E-state index contributed by atoms with van der Waals surface area (Å²) in [7, 11) is 1.99. The number of pyridine rings is 1. The molecule has 4 nitrogen and oxygen atoms in total. The largest absolute Gasteiger partial charge is 1.00 e. The quantitative estimate of drug-likeness (QED) is 0.0895. The molecule has 0 bridgehead atoms. The summed E-state index contributed by atoms with van der Waals surface area (Å²) in [5, 5.41) is 0.470. The van der Waals surface area contributed by atoms with Crippen molar-refractivity contribution in [3.8, 4) is 5.75 Å². The van der Waals surface area contributed by atoms with E-state index in [9.17, 15) is 4.79 Å². The minimum atomic E-state index is -0.0884. The Kier molecular flexibility index (Phi) is 16.6. The topological polar surface area (TPSA) is 33.4 Å². The van der Waals surface area contributed by atoms with Gasteiger partial charge in [-0.25, -0.2) is 4.57 Å². The summed E-state index contributed by atoms with van der Waals surface area (Å²) in [5.74, 6) is 0.870. The molecule has 0 aliphatic heterocycles. The van der Waals surface area contributed by atoms with Gasteiger partial charge in [0, 0.05) is 25.2 Å². The number of carbonyl (C=O) groups is 1. The Morgan fingerprint density at radius 2 is 1.40 bits per heavy atom. The molecule has 3 rings (SSSR count). The predicted octanol–water partition coefficient (Wildman–Crippen LogP) is 6.61. The van der Waals surface area contributed by atoms with E-state index in [4.69, 9.17) is 16.3 Å². The van der Waals surface area contributed by atoms with Gasteiger partial charge in [0.05, 0.1) is 17.2 Å². The predicted molar refractivity (Wildman–Crippen MR) is 175 cm³/mol. The van der Waals surface area contributed by atoms with Crippen molar-refractivity contribution >= 4 is 17.5 Å². The molecule has 0 saturated heterocycles. The summed E-state index contributed by atoms with van der Waals surface area (Å²) in [6, 6.07) is 17.8. The minimum absolute atomic E-state index is 0. The average molecular weight is 719 g/mol. The Morgan fingerprint density at radius 1 is 0.814 bits per heavy atom. The average Bonchev–Trinajstić information content (AvgIpc) is 2.96. The maximum Gasteiger partial charge on any atom is 0.255 e. The molecule has 0 atom stereocenters. The molecule has 0 N–H and O–H groups in total. The highest BCUT2D eigenvalue weighted by atomic mass is 127. The van der Waals surface area contributed by atoms with E-state index >= 15 is 0 Å². The van der Waals surface area contributed by atoms with Crippen LogP contribution >= 0.6 is 11.6 Å². The van der Waals surface area contributed by atoms with Crippen molar-refractivity contribution in [3.63, 3.8) is 0 Å². The van der Waals surface area contributed by atoms with Crippen LogP contribution in [0.5, 0.6) is 5.75 Å². The van der Waals surface area contributed by atoms with Crippen LogP contribution < -0.4 is 33.3 Å². The fraction of sp³-hybridized carbons (Fsp3) is 0.514. The van der Waals surface area contributed by atoms with E-state index in [0.717, 1.165) is 29.9 Å². The van der Waals surface area contributed by atoms with Crippen LogP contribution in [0.2, 0.25) is 5.02 Å². The first-order valence-corrected chi connectivity index (χ1v) is 16.3. The summed E-state index contributed by atoms with van der Waals surface area (Å²) >= 11 is 6.45. The van der Waals surface area contributed by atoms with E-state index in [1.807, 2.05) is 41.0 Å². The molecule has 0 aliphatic carbocycles. The third kappa shape index (κ3) is 12.8. The zero-order chi connectivity index (χ0) is 30.4. The van der Waals surface area contributed by atoms with Crippen LogP contribution in [-0.2, 0) is 25.6 Å². The summed E-state index contributed by atoms with van der Waals surface area (Å²) < 4.78 is 8.33. The maximum absolute atomic E-state index is 13.7. The standard InChI is InChI=1S/C37H52ClN2O2.HI/c1-6-7-8-9-10-11-12-13-14-17-26-42-35-21-20-31(27-33(35)37(2,3)4)29-40(28-30-22-24-39(5)25-23-30)36(41)32-18-15-16-19-34(32)38;/h15-16,18-25,27H,6-14,17,26,28-29H2,1-5H3;1H/q+1;/p-1. The van der Waals surface area contributed by atoms with Crippen molar-refractivity contribution in [1.29, 1.82) is 0 Å². The van der Waals surface area contributed by atoms with Crippen LogP contribution in [0.3, 0.4) is 0 Å². The Morgan fingerprint density at radius 3 is 2.00 bits per heavy atom. The molecule has 0 saturated carbocycles. The van der Waals surface area contributed by atoms with E-state index in [2.05, 4.69) is 58.0 Å². The van der Waals surface area contributed by atoms with Crippen LogP contribution in [0, 0.1) is 0 Å². The molecule has 236 valence electrons. The van der Waals surface area contributed by atoms with Crippen molar-refractivity contribution in [2.75, 3.05) is 6.61 Å². The smallest absolute Gasteiger partial charge is 0.255 e. The summed E-state index contributed by atoms with van der Waals surface area (Å²) in [6.45, 7) is 10.6. The second-order valence-electron chi connectivity index (χ2n) is 12.6. The third-order valence-electron chi connectivity index (χ3n) is 7.79. The Hall–Kier alpha value is -2.12. The van der Waals surface area contributed by atoms with Gasteiger partial charge in [-0.3, -0.25) is 4.79 Å². The first-order chi connectivity index (χ1) is 20.2. The van der Waals surface area contributed by atoms with E-state index in [0.29, 0.717) is 23.7 Å². The Labute approximate surface area is 283 Å². The van der Waals surface area contributed by atoms with Gasteiger partial charge in [-0.2, -0.15) is 0 Å². The number of hydrogen-bond donors (Lipinski definition) is 0. The number of hydrogen-bond acceptors (Lipinski definition) is 2. The Bertz CT molecular complexity index is 1240. The van der Waals surface area contributed by atoms with E-state index in [1.54, 1.807) is 12.1 Å². The number of benzene rings is 2. The molecule has 1 aromatic heterocycles. The molecule has 0 unspecified atom stereocenters. The maximum atomic E-state index is 13.7. The highest BCUT2D eigenvalue weighted by Crippen LogP contribution is 2.33. The van der Waals surface area contributed by atoms with E-state index in [1.165, 1.54) is 63.4 Å². The van der Waals surface area contributed by atoms with Crippen LogP contribution in [0.4, 0.5) is 0 Å². The SMILES string of the molecule is CCCCCCCCCCCCOc1ccc(CN(Cc2cc[n+](C)cc2)C(=O)c2ccccc2Cl)cc1C(C)(C)C.[I-].